The van der Waals surface area contributed by atoms with E-state index in [1.54, 1.807) is 26.6 Å². The van der Waals surface area contributed by atoms with Crippen molar-refractivity contribution in [3.05, 3.63) is 52.0 Å². The fraction of sp³-hybridized carbons (Fsp3) is 0.483. The molecule has 2 aromatic carbocycles. The van der Waals surface area contributed by atoms with Gasteiger partial charge in [-0.3, -0.25) is 14.4 Å². The molecule has 0 radical (unpaired) electrons. The van der Waals surface area contributed by atoms with E-state index in [0.29, 0.717) is 61.5 Å². The highest BCUT2D eigenvalue weighted by atomic mass is 35.5. The van der Waals surface area contributed by atoms with Crippen LogP contribution < -0.4 is 4.74 Å². The number of aliphatic carboxylic acids is 1. The van der Waals surface area contributed by atoms with Gasteiger partial charge in [-0.05, 0) is 61.1 Å². The number of carbonyl (C=O) groups is 3. The number of likely N-dealkylation sites (tertiary alicyclic amines) is 1. The van der Waals surface area contributed by atoms with Crippen molar-refractivity contribution in [1.82, 2.24) is 24.8 Å². The number of hydrogen-bond donors (Lipinski definition) is 1. The predicted octanol–water partition coefficient (Wildman–Crippen LogP) is 4.10. The highest BCUT2D eigenvalue weighted by Gasteiger charge is 2.46. The molecule has 0 bridgehead atoms. The van der Waals surface area contributed by atoms with Crippen molar-refractivity contribution >= 4 is 40.4 Å². The number of halogens is 1. The number of aryl methyl sites for hydroxylation is 1. The van der Waals surface area contributed by atoms with Crippen molar-refractivity contribution in [1.29, 1.82) is 0 Å². The molecule has 3 aliphatic rings. The fourth-order valence-electron chi connectivity index (χ4n) is 6.54. The number of hydrogen-bond acceptors (Lipinski definition) is 6. The third-order valence-corrected chi connectivity index (χ3v) is 8.93. The van der Waals surface area contributed by atoms with Gasteiger partial charge in [0.2, 0.25) is 11.8 Å². The standard InChI is InChI=1S/C29H32ClN5O5/c1-33-23-10-8-17(15-22(23)31-32-33)16-40-24-11-9-21(30)20-12-14-35(27(26(20)24)34-13-4-7-25(34)36)28(37)18-5-2-3-6-19(18)29(38)39/h8-11,15,18-19,27H,2-7,12-14,16H2,1H3,(H,38,39)/t18-,19+,27?/m1/s1. The number of rotatable bonds is 6. The first kappa shape index (κ1) is 26.6. The molecule has 40 heavy (non-hydrogen) atoms. The monoisotopic (exact) mass is 565 g/mol. The Morgan fingerprint density at radius 1 is 1.07 bits per heavy atom. The Hall–Kier alpha value is -3.66. The van der Waals surface area contributed by atoms with Crippen LogP contribution in [0, 0.1) is 11.8 Å². The van der Waals surface area contributed by atoms with Crippen LogP contribution in [0.1, 0.15) is 61.4 Å². The smallest absolute Gasteiger partial charge is 0.307 e. The molecule has 1 saturated heterocycles. The lowest BCUT2D eigenvalue weighted by Crippen LogP contribution is -2.52. The Balaban J connectivity index is 1.37. The Kier molecular flexibility index (Phi) is 7.12. The molecule has 1 aromatic heterocycles. The topological polar surface area (TPSA) is 118 Å². The maximum absolute atomic E-state index is 14.1. The predicted molar refractivity (Wildman–Crippen MR) is 146 cm³/mol. The molecule has 10 nitrogen and oxygen atoms in total. The fourth-order valence-corrected chi connectivity index (χ4v) is 6.80. The van der Waals surface area contributed by atoms with E-state index in [0.717, 1.165) is 35.0 Å². The van der Waals surface area contributed by atoms with Crippen LogP contribution >= 0.6 is 11.6 Å². The van der Waals surface area contributed by atoms with Crippen molar-refractivity contribution < 1.29 is 24.2 Å². The number of fused-ring (bicyclic) bond motifs is 2. The summed E-state index contributed by atoms with van der Waals surface area (Å²) < 4.78 is 8.08. The largest absolute Gasteiger partial charge is 0.488 e. The molecule has 3 atom stereocenters. The quantitative estimate of drug-likeness (QED) is 0.478. The van der Waals surface area contributed by atoms with E-state index < -0.39 is 24.0 Å². The summed E-state index contributed by atoms with van der Waals surface area (Å²) >= 11 is 6.69. The molecule has 1 unspecified atom stereocenters. The zero-order valence-electron chi connectivity index (χ0n) is 22.4. The van der Waals surface area contributed by atoms with Gasteiger partial charge >= 0.3 is 5.97 Å². The van der Waals surface area contributed by atoms with Crippen LogP contribution in [0.4, 0.5) is 0 Å². The normalized spacial score (nSPS) is 22.9. The minimum atomic E-state index is -0.934. The van der Waals surface area contributed by atoms with Gasteiger partial charge in [0, 0.05) is 37.1 Å². The first-order valence-corrected chi connectivity index (χ1v) is 14.3. The molecule has 210 valence electrons. The molecule has 6 rings (SSSR count). The highest BCUT2D eigenvalue weighted by molar-refractivity contribution is 6.31. The number of carbonyl (C=O) groups excluding carboxylic acids is 2. The second-order valence-electron chi connectivity index (χ2n) is 10.9. The van der Waals surface area contributed by atoms with Gasteiger partial charge in [-0.1, -0.05) is 35.7 Å². The van der Waals surface area contributed by atoms with Crippen LogP contribution in [0.25, 0.3) is 11.0 Å². The zero-order valence-corrected chi connectivity index (χ0v) is 23.1. The Morgan fingerprint density at radius 3 is 2.62 bits per heavy atom. The molecule has 2 fully saturated rings. The summed E-state index contributed by atoms with van der Waals surface area (Å²) in [4.78, 5) is 42.7. The molecular weight excluding hydrogens is 534 g/mol. The number of aromatic nitrogens is 3. The lowest BCUT2D eigenvalue weighted by atomic mass is 9.78. The van der Waals surface area contributed by atoms with E-state index >= 15 is 0 Å². The van der Waals surface area contributed by atoms with Gasteiger partial charge in [0.25, 0.3) is 0 Å². The summed E-state index contributed by atoms with van der Waals surface area (Å²) in [6.45, 7) is 1.11. The van der Waals surface area contributed by atoms with E-state index in [-0.39, 0.29) is 18.4 Å². The van der Waals surface area contributed by atoms with E-state index in [4.69, 9.17) is 16.3 Å². The SMILES string of the molecule is Cn1nnc2cc(COc3ccc(Cl)c4c3C(N3CCCC3=O)N(C(=O)[C@@H]3CCCC[C@@H]3C(=O)O)CC4)ccc21. The molecule has 1 saturated carbocycles. The second-order valence-corrected chi connectivity index (χ2v) is 11.4. The highest BCUT2D eigenvalue weighted by Crippen LogP contribution is 2.45. The van der Waals surface area contributed by atoms with Crippen molar-refractivity contribution in [2.45, 2.75) is 57.7 Å². The summed E-state index contributed by atoms with van der Waals surface area (Å²) in [5.41, 5.74) is 4.15. The second kappa shape index (κ2) is 10.7. The van der Waals surface area contributed by atoms with Crippen LogP contribution in [-0.4, -0.2) is 60.8 Å². The lowest BCUT2D eigenvalue weighted by molar-refractivity contribution is -0.157. The molecule has 0 spiro atoms. The van der Waals surface area contributed by atoms with Gasteiger partial charge in [0.05, 0.1) is 17.4 Å². The molecule has 2 aliphatic heterocycles. The maximum Gasteiger partial charge on any atom is 0.307 e. The lowest BCUT2D eigenvalue weighted by Gasteiger charge is -2.45. The minimum absolute atomic E-state index is 0.0342. The summed E-state index contributed by atoms with van der Waals surface area (Å²) in [6.07, 6.45) is 3.53. The Morgan fingerprint density at radius 2 is 1.88 bits per heavy atom. The summed E-state index contributed by atoms with van der Waals surface area (Å²) in [5, 5.41) is 18.7. The van der Waals surface area contributed by atoms with Crippen LogP contribution in [0.5, 0.6) is 5.75 Å². The number of carboxylic acids is 1. The number of ether oxygens (including phenoxy) is 1. The number of amides is 2. The molecule has 3 heterocycles. The third kappa shape index (κ3) is 4.68. The first-order chi connectivity index (χ1) is 19.3. The van der Waals surface area contributed by atoms with E-state index in [1.165, 1.54) is 0 Å². The van der Waals surface area contributed by atoms with Gasteiger partial charge in [-0.25, -0.2) is 4.68 Å². The van der Waals surface area contributed by atoms with Crippen LogP contribution in [0.2, 0.25) is 5.02 Å². The molecule has 2 amide bonds. The Bertz CT molecular complexity index is 1490. The van der Waals surface area contributed by atoms with Gasteiger partial charge in [-0.15, -0.1) is 5.10 Å². The van der Waals surface area contributed by atoms with E-state index in [2.05, 4.69) is 10.3 Å². The molecule has 11 heteroatoms. The summed E-state index contributed by atoms with van der Waals surface area (Å²) in [6, 6.07) is 9.42. The molecular formula is C29H32ClN5O5. The van der Waals surface area contributed by atoms with Crippen molar-refractivity contribution in [3.63, 3.8) is 0 Å². The van der Waals surface area contributed by atoms with E-state index in [9.17, 15) is 19.5 Å². The number of benzene rings is 2. The first-order valence-electron chi connectivity index (χ1n) is 13.9. The number of nitrogens with zero attached hydrogens (tertiary/aromatic N) is 5. The minimum Gasteiger partial charge on any atom is -0.488 e. The van der Waals surface area contributed by atoms with Crippen molar-refractivity contribution in [3.8, 4) is 5.75 Å². The average Bonchev–Trinajstić information content (AvgIpc) is 3.56. The number of carboxylic acid groups (broad SMARTS) is 1. The third-order valence-electron chi connectivity index (χ3n) is 8.57. The van der Waals surface area contributed by atoms with Crippen LogP contribution in [0.15, 0.2) is 30.3 Å². The van der Waals surface area contributed by atoms with Gasteiger partial charge in [0.1, 0.15) is 24.0 Å². The maximum atomic E-state index is 14.1. The van der Waals surface area contributed by atoms with E-state index in [1.807, 2.05) is 25.2 Å². The van der Waals surface area contributed by atoms with Crippen LogP contribution in [-0.2, 0) is 34.5 Å². The van der Waals surface area contributed by atoms with Gasteiger partial charge < -0.3 is 19.6 Å². The average molecular weight is 566 g/mol. The van der Waals surface area contributed by atoms with Gasteiger partial charge in [0.15, 0.2) is 0 Å². The van der Waals surface area contributed by atoms with Gasteiger partial charge in [-0.2, -0.15) is 0 Å². The molecule has 3 aromatic rings. The Labute approximate surface area is 236 Å². The van der Waals surface area contributed by atoms with Crippen molar-refractivity contribution in [2.24, 2.45) is 18.9 Å². The summed E-state index contributed by atoms with van der Waals surface area (Å²) in [5.74, 6) is -1.95. The molecule has 1 aliphatic carbocycles. The van der Waals surface area contributed by atoms with Crippen molar-refractivity contribution in [2.75, 3.05) is 13.1 Å². The summed E-state index contributed by atoms with van der Waals surface area (Å²) in [7, 11) is 1.84. The molecule has 1 N–H and O–H groups in total. The zero-order chi connectivity index (χ0) is 28.0. The van der Waals surface area contributed by atoms with Crippen LogP contribution in [0.3, 0.4) is 0 Å².